The van der Waals surface area contributed by atoms with Gasteiger partial charge in [-0.1, -0.05) is 19.9 Å². The molecule has 0 aromatic heterocycles. The maximum Gasteiger partial charge on any atom is 0.227 e. The average molecular weight is 203 g/mol. The Balaban J connectivity index is 3.94. The van der Waals surface area contributed by atoms with Gasteiger partial charge in [0.2, 0.25) is 5.24 Å². The Kier molecular flexibility index (Phi) is 4.92. The van der Waals surface area contributed by atoms with Crippen molar-refractivity contribution in [2.24, 2.45) is 5.41 Å². The highest BCUT2D eigenvalue weighted by molar-refractivity contribution is 6.64. The van der Waals surface area contributed by atoms with Gasteiger partial charge in [0.05, 0.1) is 0 Å². The molecule has 0 N–H and O–H groups in total. The Labute approximate surface area is 84.0 Å². The molecule has 0 unspecified atom stereocenters. The maximum absolute atomic E-state index is 11.1. The fraction of sp³-hybridized carbons (Fsp3) is 0.600. The molecule has 74 valence electrons. The van der Waals surface area contributed by atoms with E-state index < -0.39 is 5.41 Å². The van der Waals surface area contributed by atoms with Gasteiger partial charge in [-0.15, -0.1) is 6.58 Å². The monoisotopic (exact) mass is 202 g/mol. The molecule has 0 fully saturated rings. The van der Waals surface area contributed by atoms with Gasteiger partial charge in [0, 0.05) is 18.3 Å². The lowest BCUT2D eigenvalue weighted by Crippen LogP contribution is -2.20. The molecule has 13 heavy (non-hydrogen) atoms. The van der Waals surface area contributed by atoms with Gasteiger partial charge in [-0.2, -0.15) is 0 Å². The number of halogens is 1. The number of hydrogen-bond acceptors (Lipinski definition) is 2. The van der Waals surface area contributed by atoms with Crippen molar-refractivity contribution in [2.45, 2.75) is 33.1 Å². The Hall–Kier alpha value is -0.630. The molecule has 0 rings (SSSR count). The molecule has 0 bridgehead atoms. The Morgan fingerprint density at radius 1 is 1.46 bits per heavy atom. The summed E-state index contributed by atoms with van der Waals surface area (Å²) in [5, 5.41) is -0.390. The summed E-state index contributed by atoms with van der Waals surface area (Å²) >= 11 is 5.36. The van der Waals surface area contributed by atoms with Crippen molar-refractivity contribution in [3.05, 3.63) is 12.7 Å². The summed E-state index contributed by atoms with van der Waals surface area (Å²) in [6.07, 6.45) is 2.82. The molecule has 0 atom stereocenters. The number of carbonyl (C=O) groups is 2. The zero-order valence-corrected chi connectivity index (χ0v) is 8.86. The van der Waals surface area contributed by atoms with Gasteiger partial charge in [0.25, 0.3) is 0 Å². The normalized spacial score (nSPS) is 11.0. The molecule has 0 aromatic carbocycles. The lowest BCUT2D eigenvalue weighted by atomic mass is 9.88. The van der Waals surface area contributed by atoms with Gasteiger partial charge in [-0.25, -0.2) is 0 Å². The van der Waals surface area contributed by atoms with Crippen LogP contribution in [0.5, 0.6) is 0 Å². The van der Waals surface area contributed by atoms with Crippen LogP contribution in [0.3, 0.4) is 0 Å². The highest BCUT2D eigenvalue weighted by Gasteiger charge is 2.25. The molecule has 0 radical (unpaired) electrons. The van der Waals surface area contributed by atoms with E-state index in [4.69, 9.17) is 11.6 Å². The Morgan fingerprint density at radius 3 is 2.38 bits per heavy atom. The maximum atomic E-state index is 11.1. The minimum absolute atomic E-state index is 0.0981. The second kappa shape index (κ2) is 5.18. The van der Waals surface area contributed by atoms with E-state index in [2.05, 4.69) is 6.58 Å². The highest BCUT2D eigenvalue weighted by atomic mass is 35.5. The summed E-state index contributed by atoms with van der Waals surface area (Å²) in [6, 6.07) is 0. The predicted octanol–water partition coefficient (Wildman–Crippen LogP) is 2.70. The van der Waals surface area contributed by atoms with Crippen molar-refractivity contribution in [1.82, 2.24) is 0 Å². The molecule has 0 spiro atoms. The quantitative estimate of drug-likeness (QED) is 0.490. The third-order valence-electron chi connectivity index (χ3n) is 1.93. The summed E-state index contributed by atoms with van der Waals surface area (Å²) in [6.45, 7) is 6.95. The van der Waals surface area contributed by atoms with Crippen LogP contribution in [0.15, 0.2) is 12.7 Å². The Bertz CT molecular complexity index is 219. The number of carbonyl (C=O) groups excluding carboxylic acids is 2. The van der Waals surface area contributed by atoms with Crippen LogP contribution in [-0.2, 0) is 9.59 Å². The highest BCUT2D eigenvalue weighted by Crippen LogP contribution is 2.25. The third-order valence-corrected chi connectivity index (χ3v) is 2.44. The van der Waals surface area contributed by atoms with Crippen molar-refractivity contribution in [3.8, 4) is 0 Å². The van der Waals surface area contributed by atoms with Crippen LogP contribution in [0, 0.1) is 5.41 Å². The summed E-state index contributed by atoms with van der Waals surface area (Å²) in [4.78, 5) is 22.0. The minimum Gasteiger partial charge on any atom is -0.299 e. The van der Waals surface area contributed by atoms with Gasteiger partial charge >= 0.3 is 0 Å². The van der Waals surface area contributed by atoms with Gasteiger partial charge in [0.1, 0.15) is 5.78 Å². The second-order valence-electron chi connectivity index (χ2n) is 3.69. The fourth-order valence-electron chi connectivity index (χ4n) is 0.813. The molecule has 0 aliphatic carbocycles. The molecule has 0 aliphatic heterocycles. The molecule has 0 aromatic rings. The number of ketones is 1. The molecule has 0 amide bonds. The fourth-order valence-corrected chi connectivity index (χ4v) is 0.908. The van der Waals surface area contributed by atoms with Crippen molar-refractivity contribution in [3.63, 3.8) is 0 Å². The number of hydrogen-bond donors (Lipinski definition) is 0. The van der Waals surface area contributed by atoms with Crippen molar-refractivity contribution in [1.29, 1.82) is 0 Å². The van der Waals surface area contributed by atoms with E-state index in [1.807, 2.05) is 0 Å². The summed E-state index contributed by atoms with van der Waals surface area (Å²) in [5.74, 6) is 0.0981. The second-order valence-corrected chi connectivity index (χ2v) is 4.03. The summed E-state index contributed by atoms with van der Waals surface area (Å²) in [7, 11) is 0. The van der Waals surface area contributed by atoms with Gasteiger partial charge in [-0.3, -0.25) is 9.59 Å². The lowest BCUT2D eigenvalue weighted by molar-refractivity contribution is -0.121. The first kappa shape index (κ1) is 12.4. The summed E-state index contributed by atoms with van der Waals surface area (Å²) < 4.78 is 0. The molecule has 0 heterocycles. The summed E-state index contributed by atoms with van der Waals surface area (Å²) in [5.41, 5.74) is -0.599. The zero-order valence-electron chi connectivity index (χ0n) is 8.10. The first-order chi connectivity index (χ1) is 5.90. The smallest absolute Gasteiger partial charge is 0.227 e. The predicted molar refractivity (Wildman–Crippen MR) is 53.7 cm³/mol. The van der Waals surface area contributed by atoms with Crippen molar-refractivity contribution < 1.29 is 9.59 Å². The molecular weight excluding hydrogens is 188 g/mol. The largest absolute Gasteiger partial charge is 0.299 e. The standard InChI is InChI=1S/C10H15ClO2/c1-4-5-8(12)6-7-10(2,3)9(11)13/h4H,1,5-7H2,2-3H3. The van der Waals surface area contributed by atoms with Gasteiger partial charge in [-0.05, 0) is 18.0 Å². The van der Waals surface area contributed by atoms with E-state index in [1.165, 1.54) is 0 Å². The van der Waals surface area contributed by atoms with E-state index in [1.54, 1.807) is 19.9 Å². The molecule has 0 aliphatic rings. The van der Waals surface area contributed by atoms with Crippen LogP contribution in [0.4, 0.5) is 0 Å². The topological polar surface area (TPSA) is 34.1 Å². The molecule has 2 nitrogen and oxygen atoms in total. The van der Waals surface area contributed by atoms with Crippen molar-refractivity contribution >= 4 is 22.6 Å². The zero-order chi connectivity index (χ0) is 10.5. The van der Waals surface area contributed by atoms with Crippen LogP contribution in [0.2, 0.25) is 0 Å². The lowest BCUT2D eigenvalue weighted by Gasteiger charge is -2.18. The third kappa shape index (κ3) is 4.83. The van der Waals surface area contributed by atoms with Crippen LogP contribution in [0.1, 0.15) is 33.1 Å². The van der Waals surface area contributed by atoms with Crippen LogP contribution < -0.4 is 0 Å². The van der Waals surface area contributed by atoms with E-state index in [9.17, 15) is 9.59 Å². The minimum atomic E-state index is -0.599. The SMILES string of the molecule is C=CCC(=O)CCC(C)(C)C(=O)Cl. The Morgan fingerprint density at radius 2 is 2.00 bits per heavy atom. The van der Waals surface area contributed by atoms with E-state index >= 15 is 0 Å². The first-order valence-electron chi connectivity index (χ1n) is 4.22. The van der Waals surface area contributed by atoms with E-state index in [0.717, 1.165) is 0 Å². The van der Waals surface area contributed by atoms with Crippen LogP contribution >= 0.6 is 11.6 Å². The molecular formula is C10H15ClO2. The number of rotatable bonds is 6. The number of Topliss-reactive ketones (excluding diaryl/α,β-unsaturated/α-hetero) is 1. The van der Waals surface area contributed by atoms with Crippen LogP contribution in [0.25, 0.3) is 0 Å². The molecule has 3 heteroatoms. The molecule has 0 saturated carbocycles. The van der Waals surface area contributed by atoms with Gasteiger partial charge < -0.3 is 0 Å². The van der Waals surface area contributed by atoms with Crippen molar-refractivity contribution in [2.75, 3.05) is 0 Å². The average Bonchev–Trinajstić information content (AvgIpc) is 2.01. The first-order valence-corrected chi connectivity index (χ1v) is 4.60. The van der Waals surface area contributed by atoms with Gasteiger partial charge in [0.15, 0.2) is 0 Å². The molecule has 0 saturated heterocycles. The van der Waals surface area contributed by atoms with E-state index in [0.29, 0.717) is 19.3 Å². The van der Waals surface area contributed by atoms with E-state index in [-0.39, 0.29) is 11.0 Å². The van der Waals surface area contributed by atoms with Crippen LogP contribution in [-0.4, -0.2) is 11.0 Å². The number of allylic oxidation sites excluding steroid dienone is 1.